The summed E-state index contributed by atoms with van der Waals surface area (Å²) in [7, 11) is 0. The molecular formula is C14H18N2. The van der Waals surface area contributed by atoms with E-state index in [0.29, 0.717) is 5.92 Å². The minimum Gasteiger partial charge on any atom is -0.337 e. The van der Waals surface area contributed by atoms with Gasteiger partial charge in [-0.2, -0.15) is 0 Å². The van der Waals surface area contributed by atoms with Crippen molar-refractivity contribution < 1.29 is 0 Å². The molecule has 0 aliphatic rings. The molecule has 1 heterocycles. The van der Waals surface area contributed by atoms with Gasteiger partial charge in [-0.3, -0.25) is 0 Å². The van der Waals surface area contributed by atoms with E-state index in [-0.39, 0.29) is 0 Å². The first kappa shape index (κ1) is 10.9. The Morgan fingerprint density at radius 2 is 1.94 bits per heavy atom. The Hall–Kier alpha value is -1.57. The van der Waals surface area contributed by atoms with Gasteiger partial charge in [0.15, 0.2) is 0 Å². The van der Waals surface area contributed by atoms with Crippen LogP contribution in [-0.2, 0) is 13.0 Å². The minimum absolute atomic E-state index is 0.512. The maximum atomic E-state index is 4.39. The summed E-state index contributed by atoms with van der Waals surface area (Å²) in [6.07, 6.45) is 5.14. The van der Waals surface area contributed by atoms with Gasteiger partial charge in [0.25, 0.3) is 0 Å². The van der Waals surface area contributed by atoms with Crippen molar-refractivity contribution in [2.45, 2.75) is 32.7 Å². The van der Waals surface area contributed by atoms with Gasteiger partial charge in [-0.05, 0) is 17.9 Å². The second-order valence-electron chi connectivity index (χ2n) is 4.43. The molecule has 16 heavy (non-hydrogen) atoms. The summed E-state index contributed by atoms with van der Waals surface area (Å²) in [6.45, 7) is 5.34. The largest absolute Gasteiger partial charge is 0.337 e. The highest BCUT2D eigenvalue weighted by Gasteiger charge is 2.02. The molecule has 0 radical (unpaired) electrons. The van der Waals surface area contributed by atoms with Crippen LogP contribution in [0.15, 0.2) is 42.9 Å². The van der Waals surface area contributed by atoms with E-state index >= 15 is 0 Å². The third kappa shape index (κ3) is 2.72. The summed E-state index contributed by atoms with van der Waals surface area (Å²) in [6, 6.07) is 10.6. The van der Waals surface area contributed by atoms with Crippen LogP contribution in [0.25, 0.3) is 0 Å². The van der Waals surface area contributed by atoms with E-state index in [2.05, 4.69) is 59.9 Å². The fraction of sp³-hybridized carbons (Fsp3) is 0.357. The van der Waals surface area contributed by atoms with Crippen LogP contribution in [0.3, 0.4) is 0 Å². The summed E-state index contributed by atoms with van der Waals surface area (Å²) >= 11 is 0. The first-order valence-corrected chi connectivity index (χ1v) is 5.81. The molecule has 0 aliphatic heterocycles. The molecule has 0 bridgehead atoms. The second kappa shape index (κ2) is 4.97. The van der Waals surface area contributed by atoms with E-state index in [4.69, 9.17) is 0 Å². The zero-order chi connectivity index (χ0) is 11.4. The van der Waals surface area contributed by atoms with Crippen LogP contribution in [0.2, 0.25) is 0 Å². The maximum absolute atomic E-state index is 4.39. The molecule has 1 aromatic carbocycles. The Morgan fingerprint density at radius 3 is 2.56 bits per heavy atom. The predicted octanol–water partition coefficient (Wildman–Crippen LogP) is 3.25. The van der Waals surface area contributed by atoms with Gasteiger partial charge in [-0.1, -0.05) is 44.2 Å². The van der Waals surface area contributed by atoms with E-state index in [9.17, 15) is 0 Å². The van der Waals surface area contributed by atoms with E-state index in [1.807, 2.05) is 6.33 Å². The van der Waals surface area contributed by atoms with Crippen LogP contribution in [0.5, 0.6) is 0 Å². The highest BCUT2D eigenvalue weighted by atomic mass is 15.0. The molecule has 1 aromatic heterocycles. The Kier molecular flexibility index (Phi) is 3.40. The van der Waals surface area contributed by atoms with Gasteiger partial charge in [0, 0.05) is 12.7 Å². The lowest BCUT2D eigenvalue weighted by molar-refractivity contribution is 0.693. The average molecular weight is 214 g/mol. The van der Waals surface area contributed by atoms with Crippen LogP contribution in [-0.4, -0.2) is 9.55 Å². The third-order valence-corrected chi connectivity index (χ3v) is 2.75. The smallest absolute Gasteiger partial charge is 0.0949 e. The molecule has 0 unspecified atom stereocenters. The lowest BCUT2D eigenvalue weighted by atomic mass is 10.1. The minimum atomic E-state index is 0.512. The number of benzene rings is 1. The lowest BCUT2D eigenvalue weighted by Crippen LogP contribution is -1.98. The van der Waals surface area contributed by atoms with Crippen molar-refractivity contribution >= 4 is 0 Å². The zero-order valence-corrected chi connectivity index (χ0v) is 9.93. The monoisotopic (exact) mass is 214 g/mol. The summed E-state index contributed by atoms with van der Waals surface area (Å²) in [5, 5.41) is 0. The van der Waals surface area contributed by atoms with Crippen molar-refractivity contribution in [3.05, 3.63) is 54.1 Å². The van der Waals surface area contributed by atoms with E-state index < -0.39 is 0 Å². The molecule has 0 saturated carbocycles. The number of nitrogens with zero attached hydrogens (tertiary/aromatic N) is 2. The zero-order valence-electron chi connectivity index (χ0n) is 9.93. The molecular weight excluding hydrogens is 196 g/mol. The molecule has 2 rings (SSSR count). The SMILES string of the molecule is CC(C)c1cn(CCc2ccccc2)cn1. The van der Waals surface area contributed by atoms with E-state index in [1.165, 1.54) is 11.3 Å². The summed E-state index contributed by atoms with van der Waals surface area (Å²) in [4.78, 5) is 4.39. The highest BCUT2D eigenvalue weighted by molar-refractivity contribution is 5.14. The quantitative estimate of drug-likeness (QED) is 0.764. The van der Waals surface area contributed by atoms with Crippen molar-refractivity contribution in [3.8, 4) is 0 Å². The van der Waals surface area contributed by atoms with Crippen LogP contribution in [0.1, 0.15) is 31.0 Å². The van der Waals surface area contributed by atoms with Gasteiger partial charge >= 0.3 is 0 Å². The van der Waals surface area contributed by atoms with E-state index in [0.717, 1.165) is 13.0 Å². The molecule has 0 N–H and O–H groups in total. The fourth-order valence-electron chi connectivity index (χ4n) is 1.70. The van der Waals surface area contributed by atoms with E-state index in [1.54, 1.807) is 0 Å². The van der Waals surface area contributed by atoms with Crippen LogP contribution in [0.4, 0.5) is 0 Å². The Labute approximate surface area is 97.0 Å². The Morgan fingerprint density at radius 1 is 1.19 bits per heavy atom. The first-order valence-electron chi connectivity index (χ1n) is 5.81. The third-order valence-electron chi connectivity index (χ3n) is 2.75. The molecule has 2 aromatic rings. The van der Waals surface area contributed by atoms with Crippen molar-refractivity contribution in [2.24, 2.45) is 0 Å². The van der Waals surface area contributed by atoms with Crippen molar-refractivity contribution in [2.75, 3.05) is 0 Å². The number of hydrogen-bond donors (Lipinski definition) is 0. The number of aryl methyl sites for hydroxylation is 2. The van der Waals surface area contributed by atoms with Gasteiger partial charge in [0.05, 0.1) is 12.0 Å². The molecule has 0 spiro atoms. The Bertz CT molecular complexity index is 429. The molecule has 0 atom stereocenters. The predicted molar refractivity (Wildman–Crippen MR) is 66.5 cm³/mol. The summed E-state index contributed by atoms with van der Waals surface area (Å²) < 4.78 is 2.17. The number of hydrogen-bond acceptors (Lipinski definition) is 1. The van der Waals surface area contributed by atoms with Gasteiger partial charge < -0.3 is 4.57 Å². The molecule has 84 valence electrons. The standard InChI is InChI=1S/C14H18N2/c1-12(2)14-10-16(11-15-14)9-8-13-6-4-3-5-7-13/h3-7,10-12H,8-9H2,1-2H3. The van der Waals surface area contributed by atoms with Crippen molar-refractivity contribution in [3.63, 3.8) is 0 Å². The topological polar surface area (TPSA) is 17.8 Å². The molecule has 0 fully saturated rings. The van der Waals surface area contributed by atoms with Crippen molar-refractivity contribution in [1.82, 2.24) is 9.55 Å². The van der Waals surface area contributed by atoms with Crippen molar-refractivity contribution in [1.29, 1.82) is 0 Å². The van der Waals surface area contributed by atoms with Gasteiger partial charge in [-0.25, -0.2) is 4.98 Å². The molecule has 0 aliphatic carbocycles. The van der Waals surface area contributed by atoms with Crippen LogP contribution < -0.4 is 0 Å². The lowest BCUT2D eigenvalue weighted by Gasteiger charge is -2.02. The average Bonchev–Trinajstić information content (AvgIpc) is 2.76. The summed E-state index contributed by atoms with van der Waals surface area (Å²) in [5.74, 6) is 0.512. The fourth-order valence-corrected chi connectivity index (χ4v) is 1.70. The summed E-state index contributed by atoms with van der Waals surface area (Å²) in [5.41, 5.74) is 2.55. The normalized spacial score (nSPS) is 10.9. The first-order chi connectivity index (χ1) is 7.75. The highest BCUT2D eigenvalue weighted by Crippen LogP contribution is 2.11. The molecule has 0 amide bonds. The molecule has 2 heteroatoms. The number of imidazole rings is 1. The molecule has 0 saturated heterocycles. The van der Waals surface area contributed by atoms with Gasteiger partial charge in [0.2, 0.25) is 0 Å². The Balaban J connectivity index is 1.95. The second-order valence-corrected chi connectivity index (χ2v) is 4.43. The van der Waals surface area contributed by atoms with Gasteiger partial charge in [0.1, 0.15) is 0 Å². The van der Waals surface area contributed by atoms with Crippen LogP contribution >= 0.6 is 0 Å². The number of rotatable bonds is 4. The van der Waals surface area contributed by atoms with Gasteiger partial charge in [-0.15, -0.1) is 0 Å². The van der Waals surface area contributed by atoms with Crippen LogP contribution in [0, 0.1) is 0 Å². The number of aromatic nitrogens is 2. The maximum Gasteiger partial charge on any atom is 0.0949 e. The molecule has 2 nitrogen and oxygen atoms in total.